The Hall–Kier alpha value is -3.86. The number of aromatic nitrogens is 1. The number of para-hydroxylation sites is 1. The largest absolute Gasteiger partial charge is 0.489 e. The molecule has 1 heterocycles. The van der Waals surface area contributed by atoms with Gasteiger partial charge in [0.2, 0.25) is 5.78 Å². The Morgan fingerprint density at radius 1 is 0.973 bits per heavy atom. The van der Waals surface area contributed by atoms with Crippen molar-refractivity contribution >= 4 is 22.7 Å². The molecule has 5 heteroatoms. The van der Waals surface area contributed by atoms with E-state index in [9.17, 15) is 9.59 Å². The van der Waals surface area contributed by atoms with Gasteiger partial charge in [0.25, 0.3) is 0 Å². The minimum atomic E-state index is -0.832. The van der Waals surface area contributed by atoms with Gasteiger partial charge in [-0.2, -0.15) is 0 Å². The first-order chi connectivity index (χ1) is 17.7. The molecule has 0 fully saturated rings. The molecule has 5 nitrogen and oxygen atoms in total. The number of hydrogen-bond acceptors (Lipinski definition) is 3. The van der Waals surface area contributed by atoms with Gasteiger partial charge in [0.05, 0.1) is 5.69 Å². The molecular weight excluding hydrogens is 462 g/mol. The summed E-state index contributed by atoms with van der Waals surface area (Å²) < 4.78 is 6.12. The second kappa shape index (κ2) is 11.5. The van der Waals surface area contributed by atoms with E-state index in [1.807, 2.05) is 56.3 Å². The van der Waals surface area contributed by atoms with E-state index < -0.39 is 5.97 Å². The van der Waals surface area contributed by atoms with Crippen molar-refractivity contribution in [3.63, 3.8) is 0 Å². The van der Waals surface area contributed by atoms with Gasteiger partial charge in [-0.3, -0.25) is 9.59 Å². The first-order valence-corrected chi connectivity index (χ1v) is 12.9. The normalized spacial score (nSPS) is 11.3. The van der Waals surface area contributed by atoms with Crippen LogP contribution in [0.2, 0.25) is 0 Å². The van der Waals surface area contributed by atoms with Crippen LogP contribution in [0.25, 0.3) is 10.9 Å². The highest BCUT2D eigenvalue weighted by Gasteiger charge is 2.22. The lowest BCUT2D eigenvalue weighted by atomic mass is 9.93. The van der Waals surface area contributed by atoms with Crippen LogP contribution in [0.4, 0.5) is 0 Å². The molecule has 2 N–H and O–H groups in total. The Bertz CT molecular complexity index is 1430. The average molecular weight is 498 g/mol. The average Bonchev–Trinajstić information content (AvgIpc) is 3.22. The Balaban J connectivity index is 1.62. The highest BCUT2D eigenvalue weighted by atomic mass is 16.5. The minimum Gasteiger partial charge on any atom is -0.489 e. The number of aryl methyl sites for hydroxylation is 2. The molecule has 0 unspecified atom stereocenters. The third-order valence-corrected chi connectivity index (χ3v) is 6.78. The number of carboxylic acids is 1. The summed E-state index contributed by atoms with van der Waals surface area (Å²) in [4.78, 5) is 28.3. The number of hydrogen-bond donors (Lipinski definition) is 2. The molecule has 0 radical (unpaired) electrons. The molecular formula is C32H35NO4. The fourth-order valence-corrected chi connectivity index (χ4v) is 4.86. The third kappa shape index (κ3) is 6.29. The van der Waals surface area contributed by atoms with Crippen LogP contribution in [0.15, 0.2) is 60.7 Å². The van der Waals surface area contributed by atoms with E-state index in [0.717, 1.165) is 45.3 Å². The minimum absolute atomic E-state index is 0.0659. The maximum Gasteiger partial charge on any atom is 0.303 e. The van der Waals surface area contributed by atoms with Gasteiger partial charge >= 0.3 is 5.97 Å². The Kier molecular flexibility index (Phi) is 8.12. The summed E-state index contributed by atoms with van der Waals surface area (Å²) in [6.45, 7) is 8.75. The molecule has 0 aliphatic rings. The van der Waals surface area contributed by atoms with Crippen molar-refractivity contribution in [2.45, 2.75) is 60.0 Å². The molecule has 192 valence electrons. The van der Waals surface area contributed by atoms with Gasteiger partial charge in [-0.1, -0.05) is 50.2 Å². The van der Waals surface area contributed by atoms with E-state index in [0.29, 0.717) is 36.6 Å². The van der Waals surface area contributed by atoms with E-state index >= 15 is 0 Å². The van der Waals surface area contributed by atoms with Crippen molar-refractivity contribution in [3.05, 3.63) is 99.7 Å². The zero-order chi connectivity index (χ0) is 26.5. The van der Waals surface area contributed by atoms with Crippen LogP contribution in [0, 0.1) is 19.8 Å². The van der Waals surface area contributed by atoms with Crippen LogP contribution >= 0.6 is 0 Å². The van der Waals surface area contributed by atoms with Crippen molar-refractivity contribution in [1.29, 1.82) is 0 Å². The number of carbonyl (C=O) groups is 2. The monoisotopic (exact) mass is 497 g/mol. The van der Waals surface area contributed by atoms with Crippen molar-refractivity contribution < 1.29 is 19.4 Å². The van der Waals surface area contributed by atoms with Gasteiger partial charge in [-0.15, -0.1) is 0 Å². The van der Waals surface area contributed by atoms with E-state index in [1.54, 1.807) is 0 Å². The van der Waals surface area contributed by atoms with Crippen LogP contribution in [-0.4, -0.2) is 21.8 Å². The molecule has 0 aliphatic carbocycles. The molecule has 0 atom stereocenters. The fraction of sp³-hybridized carbons (Fsp3) is 0.312. The summed E-state index contributed by atoms with van der Waals surface area (Å²) in [7, 11) is 0. The zero-order valence-corrected chi connectivity index (χ0v) is 22.1. The number of fused-ring (bicyclic) bond motifs is 1. The maximum atomic E-state index is 13.9. The van der Waals surface area contributed by atoms with E-state index in [4.69, 9.17) is 9.84 Å². The summed E-state index contributed by atoms with van der Waals surface area (Å²) >= 11 is 0. The number of carboxylic acid groups (broad SMARTS) is 1. The number of H-pyrrole nitrogens is 1. The molecule has 4 aromatic rings. The summed E-state index contributed by atoms with van der Waals surface area (Å²) in [5, 5.41) is 10.1. The number of nitrogens with one attached hydrogen (secondary N) is 1. The van der Waals surface area contributed by atoms with Crippen molar-refractivity contribution in [2.24, 2.45) is 5.92 Å². The zero-order valence-electron chi connectivity index (χ0n) is 22.1. The number of carbonyl (C=O) groups excluding carboxylic acids is 1. The van der Waals surface area contributed by atoms with Crippen molar-refractivity contribution in [2.75, 3.05) is 0 Å². The van der Waals surface area contributed by atoms with Crippen LogP contribution in [-0.2, 0) is 24.2 Å². The fourth-order valence-electron chi connectivity index (χ4n) is 4.86. The molecule has 0 aliphatic heterocycles. The molecule has 0 spiro atoms. The standard InChI is InChI=1S/C32H35NO4/c1-20(2)15-23-9-7-10-25(17-23)37-19-24-16-21(3)22(4)28(18-24)32(36)31-27(12-8-14-30(34)35)26-11-5-6-13-29(26)33-31/h5-7,9-11,13,16-18,20,33H,8,12,14-15,19H2,1-4H3,(H,34,35). The maximum absolute atomic E-state index is 13.9. The van der Waals surface area contributed by atoms with E-state index in [-0.39, 0.29) is 12.2 Å². The second-order valence-corrected chi connectivity index (χ2v) is 10.2. The second-order valence-electron chi connectivity index (χ2n) is 10.2. The number of aliphatic carboxylic acids is 1. The molecule has 4 rings (SSSR count). The van der Waals surface area contributed by atoms with Crippen molar-refractivity contribution in [3.8, 4) is 5.75 Å². The number of ketones is 1. The topological polar surface area (TPSA) is 79.4 Å². The lowest BCUT2D eigenvalue weighted by molar-refractivity contribution is -0.137. The number of benzene rings is 3. The molecule has 37 heavy (non-hydrogen) atoms. The highest BCUT2D eigenvalue weighted by Crippen LogP contribution is 2.28. The molecule has 0 saturated heterocycles. The molecule has 1 aromatic heterocycles. The van der Waals surface area contributed by atoms with Crippen LogP contribution in [0.1, 0.15) is 70.6 Å². The Morgan fingerprint density at radius 3 is 2.51 bits per heavy atom. The smallest absolute Gasteiger partial charge is 0.303 e. The lowest BCUT2D eigenvalue weighted by Gasteiger charge is -2.14. The number of rotatable bonds is 11. The Labute approximate surface area is 218 Å². The van der Waals surface area contributed by atoms with Gasteiger partial charge in [0.1, 0.15) is 12.4 Å². The molecule has 0 bridgehead atoms. The predicted octanol–water partition coefficient (Wildman–Crippen LogP) is 7.20. The summed E-state index contributed by atoms with van der Waals surface area (Å²) in [6.07, 6.45) is 2.05. The summed E-state index contributed by atoms with van der Waals surface area (Å²) in [5.41, 5.74) is 7.08. The summed E-state index contributed by atoms with van der Waals surface area (Å²) in [6, 6.07) is 20.0. The lowest BCUT2D eigenvalue weighted by Crippen LogP contribution is -2.10. The van der Waals surface area contributed by atoms with Gasteiger partial charge in [-0.25, -0.2) is 0 Å². The van der Waals surface area contributed by atoms with Gasteiger partial charge in [-0.05, 0) is 91.1 Å². The third-order valence-electron chi connectivity index (χ3n) is 6.78. The molecule has 3 aromatic carbocycles. The van der Waals surface area contributed by atoms with Gasteiger partial charge in [0.15, 0.2) is 0 Å². The van der Waals surface area contributed by atoms with Gasteiger partial charge in [0, 0.05) is 22.9 Å². The van der Waals surface area contributed by atoms with Crippen molar-refractivity contribution in [1.82, 2.24) is 4.98 Å². The molecule has 0 amide bonds. The summed E-state index contributed by atoms with van der Waals surface area (Å²) in [5.74, 6) is 0.479. The van der Waals surface area contributed by atoms with Gasteiger partial charge < -0.3 is 14.8 Å². The van der Waals surface area contributed by atoms with Crippen LogP contribution in [0.5, 0.6) is 5.75 Å². The first-order valence-electron chi connectivity index (χ1n) is 12.9. The van der Waals surface area contributed by atoms with Crippen LogP contribution in [0.3, 0.4) is 0 Å². The predicted molar refractivity (Wildman–Crippen MR) is 148 cm³/mol. The van der Waals surface area contributed by atoms with E-state index in [1.165, 1.54) is 5.56 Å². The quantitative estimate of drug-likeness (QED) is 0.215. The number of ether oxygens (including phenoxy) is 1. The molecule has 0 saturated carbocycles. The SMILES string of the molecule is Cc1cc(COc2cccc(CC(C)C)c2)cc(C(=O)c2[nH]c3ccccc3c2CCCC(=O)O)c1C. The first kappa shape index (κ1) is 26.2. The highest BCUT2D eigenvalue weighted by molar-refractivity contribution is 6.12. The van der Waals surface area contributed by atoms with Crippen LogP contribution < -0.4 is 4.74 Å². The Morgan fingerprint density at radius 2 is 1.76 bits per heavy atom. The van der Waals surface area contributed by atoms with E-state index in [2.05, 4.69) is 37.0 Å². The number of aromatic amines is 1.